The summed E-state index contributed by atoms with van der Waals surface area (Å²) in [6, 6.07) is 5.22. The highest BCUT2D eigenvalue weighted by molar-refractivity contribution is 9.10. The predicted octanol–water partition coefficient (Wildman–Crippen LogP) is 2.81. The Hall–Kier alpha value is -0.540. The Kier molecular flexibility index (Phi) is 2.36. The predicted molar refractivity (Wildman–Crippen MR) is 63.0 cm³/mol. The zero-order valence-electron chi connectivity index (χ0n) is 8.92. The molecule has 1 aliphatic carbocycles. The van der Waals surface area contributed by atoms with Crippen LogP contribution in [0.5, 0.6) is 5.75 Å². The van der Waals surface area contributed by atoms with E-state index in [1.54, 1.807) is 12.1 Å². The number of hydrogen-bond donors (Lipinski definition) is 2. The lowest BCUT2D eigenvalue weighted by atomic mass is 9.88. The molecule has 2 nitrogen and oxygen atoms in total. The Labute approximate surface area is 98.1 Å². The van der Waals surface area contributed by atoms with Crippen LogP contribution in [-0.4, -0.2) is 16.8 Å². The van der Waals surface area contributed by atoms with Crippen molar-refractivity contribution in [2.45, 2.75) is 25.7 Å². The SMILES string of the molecule is CC1(C)CC1(CO)c1cc(O)ccc1Br. The van der Waals surface area contributed by atoms with Gasteiger partial charge in [0, 0.05) is 9.89 Å². The first kappa shape index (κ1) is 11.0. The fourth-order valence-corrected chi connectivity index (χ4v) is 3.03. The van der Waals surface area contributed by atoms with Crippen LogP contribution < -0.4 is 0 Å². The van der Waals surface area contributed by atoms with Gasteiger partial charge in [0.2, 0.25) is 0 Å². The first-order valence-corrected chi connectivity index (χ1v) is 5.82. The molecule has 1 unspecified atom stereocenters. The maximum absolute atomic E-state index is 9.56. The molecule has 0 saturated heterocycles. The Morgan fingerprint density at radius 3 is 2.47 bits per heavy atom. The van der Waals surface area contributed by atoms with Gasteiger partial charge in [0.15, 0.2) is 0 Å². The van der Waals surface area contributed by atoms with Crippen LogP contribution in [0.4, 0.5) is 0 Å². The largest absolute Gasteiger partial charge is 0.508 e. The number of phenolic OH excluding ortho intramolecular Hbond substituents is 1. The van der Waals surface area contributed by atoms with Crippen LogP contribution in [0.25, 0.3) is 0 Å². The van der Waals surface area contributed by atoms with E-state index in [4.69, 9.17) is 0 Å². The third-order valence-electron chi connectivity index (χ3n) is 3.65. The molecule has 0 heterocycles. The minimum absolute atomic E-state index is 0.109. The maximum Gasteiger partial charge on any atom is 0.115 e. The zero-order valence-corrected chi connectivity index (χ0v) is 10.5. The minimum Gasteiger partial charge on any atom is -0.508 e. The molecule has 1 aromatic carbocycles. The van der Waals surface area contributed by atoms with Crippen LogP contribution in [0, 0.1) is 5.41 Å². The summed E-state index contributed by atoms with van der Waals surface area (Å²) in [6.45, 7) is 4.40. The molecule has 1 saturated carbocycles. The van der Waals surface area contributed by atoms with Gasteiger partial charge in [0.05, 0.1) is 6.61 Å². The quantitative estimate of drug-likeness (QED) is 0.868. The monoisotopic (exact) mass is 270 g/mol. The van der Waals surface area contributed by atoms with Gasteiger partial charge in [-0.1, -0.05) is 29.8 Å². The zero-order chi connectivity index (χ0) is 11.3. The van der Waals surface area contributed by atoms with Crippen molar-refractivity contribution < 1.29 is 10.2 Å². The Morgan fingerprint density at radius 1 is 1.40 bits per heavy atom. The molecule has 0 bridgehead atoms. The highest BCUT2D eigenvalue weighted by atomic mass is 79.9. The first-order chi connectivity index (χ1) is 6.93. The smallest absolute Gasteiger partial charge is 0.115 e. The molecule has 3 heteroatoms. The van der Waals surface area contributed by atoms with Crippen molar-refractivity contribution in [3.63, 3.8) is 0 Å². The van der Waals surface area contributed by atoms with E-state index in [0.29, 0.717) is 0 Å². The molecule has 0 spiro atoms. The number of benzene rings is 1. The average molecular weight is 271 g/mol. The van der Waals surface area contributed by atoms with E-state index in [-0.39, 0.29) is 23.2 Å². The van der Waals surface area contributed by atoms with Gasteiger partial charge in [-0.25, -0.2) is 0 Å². The Morgan fingerprint density at radius 2 is 2.00 bits per heavy atom. The number of hydrogen-bond acceptors (Lipinski definition) is 2. The van der Waals surface area contributed by atoms with E-state index in [2.05, 4.69) is 29.8 Å². The number of aliphatic hydroxyl groups excluding tert-OH is 1. The van der Waals surface area contributed by atoms with E-state index >= 15 is 0 Å². The highest BCUT2D eigenvalue weighted by Gasteiger charge is 2.62. The topological polar surface area (TPSA) is 40.5 Å². The maximum atomic E-state index is 9.56. The Bertz CT molecular complexity index is 401. The second-order valence-electron chi connectivity index (χ2n) is 4.97. The van der Waals surface area contributed by atoms with Crippen molar-refractivity contribution in [2.24, 2.45) is 5.41 Å². The fraction of sp³-hybridized carbons (Fsp3) is 0.500. The van der Waals surface area contributed by atoms with E-state index in [1.165, 1.54) is 0 Å². The van der Waals surface area contributed by atoms with Crippen molar-refractivity contribution >= 4 is 15.9 Å². The molecule has 0 aliphatic heterocycles. The number of aromatic hydroxyl groups is 1. The van der Waals surface area contributed by atoms with Gasteiger partial charge >= 0.3 is 0 Å². The van der Waals surface area contributed by atoms with Gasteiger partial charge in [0.25, 0.3) is 0 Å². The second-order valence-corrected chi connectivity index (χ2v) is 5.82. The molecule has 1 fully saturated rings. The summed E-state index contributed by atoms with van der Waals surface area (Å²) in [4.78, 5) is 0. The lowest BCUT2D eigenvalue weighted by Gasteiger charge is -2.20. The number of rotatable bonds is 2. The average Bonchev–Trinajstić information content (AvgIpc) is 2.74. The van der Waals surface area contributed by atoms with Gasteiger partial charge in [-0.2, -0.15) is 0 Å². The van der Waals surface area contributed by atoms with Gasteiger partial charge in [-0.3, -0.25) is 0 Å². The molecule has 1 aliphatic rings. The van der Waals surface area contributed by atoms with Crippen molar-refractivity contribution in [1.29, 1.82) is 0 Å². The molecule has 1 aromatic rings. The van der Waals surface area contributed by atoms with Crippen molar-refractivity contribution in [1.82, 2.24) is 0 Å². The van der Waals surface area contributed by atoms with Crippen LogP contribution in [0.2, 0.25) is 0 Å². The molecule has 0 aromatic heterocycles. The summed E-state index contributed by atoms with van der Waals surface area (Å²) in [6.07, 6.45) is 0.957. The van der Waals surface area contributed by atoms with Gasteiger partial charge < -0.3 is 10.2 Å². The van der Waals surface area contributed by atoms with Crippen molar-refractivity contribution in [3.8, 4) is 5.75 Å². The van der Waals surface area contributed by atoms with Crippen molar-refractivity contribution in [3.05, 3.63) is 28.2 Å². The van der Waals surface area contributed by atoms with Crippen LogP contribution in [-0.2, 0) is 5.41 Å². The molecular weight excluding hydrogens is 256 g/mol. The molecule has 2 N–H and O–H groups in total. The van der Waals surface area contributed by atoms with Crippen LogP contribution in [0.3, 0.4) is 0 Å². The molecule has 82 valence electrons. The van der Waals surface area contributed by atoms with Crippen LogP contribution in [0.1, 0.15) is 25.8 Å². The van der Waals surface area contributed by atoms with Gasteiger partial charge in [0.1, 0.15) is 5.75 Å². The highest BCUT2D eigenvalue weighted by Crippen LogP contribution is 2.65. The summed E-state index contributed by atoms with van der Waals surface area (Å²) in [7, 11) is 0. The van der Waals surface area contributed by atoms with E-state index < -0.39 is 0 Å². The van der Waals surface area contributed by atoms with Gasteiger partial charge in [-0.05, 0) is 35.6 Å². The number of phenols is 1. The molecular formula is C12H15BrO2. The summed E-state index contributed by atoms with van der Waals surface area (Å²) in [5.41, 5.74) is 0.929. The van der Waals surface area contributed by atoms with E-state index in [0.717, 1.165) is 16.5 Å². The van der Waals surface area contributed by atoms with Crippen LogP contribution in [0.15, 0.2) is 22.7 Å². The second kappa shape index (κ2) is 3.22. The normalized spacial score (nSPS) is 27.7. The summed E-state index contributed by atoms with van der Waals surface area (Å²) in [5, 5.41) is 19.1. The number of halogens is 1. The summed E-state index contributed by atoms with van der Waals surface area (Å²) < 4.78 is 0.958. The summed E-state index contributed by atoms with van der Waals surface area (Å²) >= 11 is 3.48. The molecule has 0 amide bonds. The molecule has 0 radical (unpaired) electrons. The fourth-order valence-electron chi connectivity index (χ4n) is 2.41. The first-order valence-electron chi connectivity index (χ1n) is 5.03. The third kappa shape index (κ3) is 1.49. The lowest BCUT2D eigenvalue weighted by Crippen LogP contribution is -2.19. The molecule has 1 atom stereocenters. The van der Waals surface area contributed by atoms with Gasteiger partial charge in [-0.15, -0.1) is 0 Å². The summed E-state index contributed by atoms with van der Waals surface area (Å²) in [5.74, 6) is 0.253. The Balaban J connectivity index is 2.50. The van der Waals surface area contributed by atoms with E-state index in [1.807, 2.05) is 6.07 Å². The standard InChI is InChI=1S/C12H15BrO2/c1-11(2)6-12(11,7-14)9-5-8(15)3-4-10(9)13/h3-5,14-15H,6-7H2,1-2H3. The van der Waals surface area contributed by atoms with E-state index in [9.17, 15) is 10.2 Å². The van der Waals surface area contributed by atoms with Crippen molar-refractivity contribution in [2.75, 3.05) is 6.61 Å². The third-order valence-corrected chi connectivity index (χ3v) is 4.34. The van der Waals surface area contributed by atoms with Crippen LogP contribution >= 0.6 is 15.9 Å². The minimum atomic E-state index is -0.190. The molecule has 2 rings (SSSR count). The lowest BCUT2D eigenvalue weighted by molar-refractivity contribution is 0.230. The molecule has 15 heavy (non-hydrogen) atoms. The number of aliphatic hydroxyl groups is 1.